The zero-order chi connectivity index (χ0) is 11.5. The van der Waals surface area contributed by atoms with Gasteiger partial charge in [-0.1, -0.05) is 35.1 Å². The minimum absolute atomic E-state index is 0.761. The van der Waals surface area contributed by atoms with Gasteiger partial charge in [0.05, 0.1) is 9.48 Å². The van der Waals surface area contributed by atoms with Crippen LogP contribution in [-0.2, 0) is 6.42 Å². The van der Waals surface area contributed by atoms with Crippen LogP contribution in [0, 0.1) is 0 Å². The Hall–Kier alpha value is -0.580. The number of benzene rings is 1. The molecule has 1 aromatic heterocycles. The first-order valence-electron chi connectivity index (χ1n) is 4.76. The molecule has 0 saturated heterocycles. The molecule has 0 saturated carbocycles. The van der Waals surface area contributed by atoms with Crippen molar-refractivity contribution in [3.05, 3.63) is 44.3 Å². The van der Waals surface area contributed by atoms with Crippen LogP contribution >= 0.6 is 38.9 Å². The molecule has 84 valence electrons. The van der Waals surface area contributed by atoms with E-state index < -0.39 is 0 Å². The maximum atomic E-state index is 5.84. The molecule has 1 aromatic carbocycles. The molecule has 0 aliphatic rings. The number of anilines is 1. The fourth-order valence-corrected chi connectivity index (χ4v) is 2.82. The van der Waals surface area contributed by atoms with Gasteiger partial charge in [-0.05, 0) is 33.6 Å². The molecule has 1 heterocycles. The number of thiazole rings is 1. The van der Waals surface area contributed by atoms with Gasteiger partial charge in [-0.25, -0.2) is 4.98 Å². The van der Waals surface area contributed by atoms with E-state index in [9.17, 15) is 0 Å². The van der Waals surface area contributed by atoms with Gasteiger partial charge in [0.25, 0.3) is 0 Å². The van der Waals surface area contributed by atoms with Gasteiger partial charge in [-0.3, -0.25) is 0 Å². The highest BCUT2D eigenvalue weighted by molar-refractivity contribution is 9.11. The summed E-state index contributed by atoms with van der Waals surface area (Å²) in [4.78, 5) is 4.47. The van der Waals surface area contributed by atoms with E-state index in [-0.39, 0.29) is 0 Å². The lowest BCUT2D eigenvalue weighted by Crippen LogP contribution is -1.91. The normalized spacial score (nSPS) is 10.4. The van der Waals surface area contributed by atoms with Crippen molar-refractivity contribution in [1.82, 2.24) is 4.98 Å². The Morgan fingerprint density at radius 1 is 1.38 bits per heavy atom. The number of halogens is 2. The van der Waals surface area contributed by atoms with E-state index in [0.717, 1.165) is 26.1 Å². The van der Waals surface area contributed by atoms with Crippen LogP contribution in [0.25, 0.3) is 0 Å². The van der Waals surface area contributed by atoms with Gasteiger partial charge < -0.3 is 5.32 Å². The Morgan fingerprint density at radius 2 is 2.06 bits per heavy atom. The molecule has 0 fully saturated rings. The summed E-state index contributed by atoms with van der Waals surface area (Å²) in [6.07, 6.45) is 0.815. The molecule has 0 amide bonds. The van der Waals surface area contributed by atoms with E-state index in [1.54, 1.807) is 11.3 Å². The van der Waals surface area contributed by atoms with E-state index in [1.807, 2.05) is 31.3 Å². The smallest absolute Gasteiger partial charge is 0.183 e. The lowest BCUT2D eigenvalue weighted by molar-refractivity contribution is 1.10. The zero-order valence-electron chi connectivity index (χ0n) is 8.63. The molecule has 16 heavy (non-hydrogen) atoms. The summed E-state index contributed by atoms with van der Waals surface area (Å²) in [6.45, 7) is 0. The molecule has 5 heteroatoms. The highest BCUT2D eigenvalue weighted by atomic mass is 79.9. The lowest BCUT2D eigenvalue weighted by atomic mass is 10.1. The average molecular weight is 318 g/mol. The maximum Gasteiger partial charge on any atom is 0.183 e. The summed E-state index contributed by atoms with van der Waals surface area (Å²) in [7, 11) is 1.87. The second-order valence-corrected chi connectivity index (χ2v) is 6.05. The van der Waals surface area contributed by atoms with Crippen LogP contribution < -0.4 is 5.32 Å². The standard InChI is InChI=1S/C11H10BrClN2S/c1-14-11-15-9(10(12)16-11)6-7-2-4-8(13)5-3-7/h2-5H,6H2,1H3,(H,14,15). The quantitative estimate of drug-likeness (QED) is 0.918. The summed E-state index contributed by atoms with van der Waals surface area (Å²) >= 11 is 11.0. The number of hydrogen-bond acceptors (Lipinski definition) is 3. The van der Waals surface area contributed by atoms with Crippen molar-refractivity contribution in [2.45, 2.75) is 6.42 Å². The molecule has 2 rings (SSSR count). The first kappa shape index (κ1) is 11.9. The van der Waals surface area contributed by atoms with E-state index in [2.05, 4.69) is 26.2 Å². The summed E-state index contributed by atoms with van der Waals surface area (Å²) in [5.74, 6) is 0. The molecule has 0 unspecified atom stereocenters. The van der Waals surface area contributed by atoms with Crippen LogP contribution in [-0.4, -0.2) is 12.0 Å². The van der Waals surface area contributed by atoms with Crippen LogP contribution in [0.1, 0.15) is 11.3 Å². The Morgan fingerprint density at radius 3 is 2.62 bits per heavy atom. The van der Waals surface area contributed by atoms with Crippen molar-refractivity contribution in [1.29, 1.82) is 0 Å². The van der Waals surface area contributed by atoms with Gasteiger partial charge in [0.15, 0.2) is 5.13 Å². The van der Waals surface area contributed by atoms with Gasteiger partial charge in [0.1, 0.15) is 0 Å². The number of nitrogens with zero attached hydrogens (tertiary/aromatic N) is 1. The first-order chi connectivity index (χ1) is 7.69. The van der Waals surface area contributed by atoms with Gasteiger partial charge in [0, 0.05) is 18.5 Å². The number of nitrogens with one attached hydrogen (secondary N) is 1. The van der Waals surface area contributed by atoms with Gasteiger partial charge >= 0.3 is 0 Å². The van der Waals surface area contributed by atoms with E-state index in [0.29, 0.717) is 0 Å². The van der Waals surface area contributed by atoms with Gasteiger partial charge in [-0.2, -0.15) is 0 Å². The van der Waals surface area contributed by atoms with Crippen molar-refractivity contribution in [3.63, 3.8) is 0 Å². The Bertz CT molecular complexity index is 481. The van der Waals surface area contributed by atoms with Crippen molar-refractivity contribution < 1.29 is 0 Å². The second kappa shape index (κ2) is 5.17. The second-order valence-electron chi connectivity index (χ2n) is 3.29. The van der Waals surface area contributed by atoms with Crippen molar-refractivity contribution >= 4 is 44.0 Å². The number of aromatic nitrogens is 1. The molecule has 2 nitrogen and oxygen atoms in total. The summed E-state index contributed by atoms with van der Waals surface area (Å²) < 4.78 is 1.08. The predicted octanol–water partition coefficient (Wildman–Crippen LogP) is 4.19. The van der Waals surface area contributed by atoms with Crippen molar-refractivity contribution in [3.8, 4) is 0 Å². The first-order valence-corrected chi connectivity index (χ1v) is 6.75. The maximum absolute atomic E-state index is 5.84. The van der Waals surface area contributed by atoms with Gasteiger partial charge in [-0.15, -0.1) is 0 Å². The molecule has 0 aliphatic carbocycles. The van der Waals surface area contributed by atoms with Crippen molar-refractivity contribution in [2.24, 2.45) is 0 Å². The minimum Gasteiger partial charge on any atom is -0.365 e. The van der Waals surface area contributed by atoms with E-state index in [4.69, 9.17) is 11.6 Å². The summed E-state index contributed by atoms with van der Waals surface area (Å²) in [5, 5.41) is 4.73. The molecular formula is C11H10BrClN2S. The monoisotopic (exact) mass is 316 g/mol. The van der Waals surface area contributed by atoms with Crippen LogP contribution in [0.5, 0.6) is 0 Å². The van der Waals surface area contributed by atoms with Gasteiger partial charge in [0.2, 0.25) is 0 Å². The Kier molecular flexibility index (Phi) is 3.84. The van der Waals surface area contributed by atoms with Crippen molar-refractivity contribution in [2.75, 3.05) is 12.4 Å². The SMILES string of the molecule is CNc1nc(Cc2ccc(Cl)cc2)c(Br)s1. The predicted molar refractivity (Wildman–Crippen MR) is 73.6 cm³/mol. The topological polar surface area (TPSA) is 24.9 Å². The molecular weight excluding hydrogens is 308 g/mol. The third-order valence-electron chi connectivity index (χ3n) is 2.15. The number of hydrogen-bond donors (Lipinski definition) is 1. The molecule has 0 atom stereocenters. The zero-order valence-corrected chi connectivity index (χ0v) is 11.8. The highest BCUT2D eigenvalue weighted by Crippen LogP contribution is 2.29. The molecule has 0 spiro atoms. The van der Waals surface area contributed by atoms with Crippen LogP contribution in [0.3, 0.4) is 0 Å². The lowest BCUT2D eigenvalue weighted by Gasteiger charge is -1.99. The van der Waals surface area contributed by atoms with Crippen LogP contribution in [0.15, 0.2) is 28.1 Å². The van der Waals surface area contributed by atoms with E-state index in [1.165, 1.54) is 5.56 Å². The molecule has 0 radical (unpaired) electrons. The third-order valence-corrected chi connectivity index (χ3v) is 4.25. The van der Waals surface area contributed by atoms with E-state index >= 15 is 0 Å². The third kappa shape index (κ3) is 2.75. The molecule has 0 aliphatic heterocycles. The molecule has 2 aromatic rings. The Labute approximate surface area is 112 Å². The highest BCUT2D eigenvalue weighted by Gasteiger charge is 2.08. The molecule has 1 N–H and O–H groups in total. The largest absolute Gasteiger partial charge is 0.365 e. The minimum atomic E-state index is 0.761. The molecule has 0 bridgehead atoms. The summed E-state index contributed by atoms with van der Waals surface area (Å²) in [5.41, 5.74) is 2.26. The average Bonchev–Trinajstić information content (AvgIpc) is 2.63. The van der Waals surface area contributed by atoms with Crippen LogP contribution in [0.2, 0.25) is 5.02 Å². The Balaban J connectivity index is 2.19. The summed E-state index contributed by atoms with van der Waals surface area (Å²) in [6, 6.07) is 7.84. The fraction of sp³-hybridized carbons (Fsp3) is 0.182. The number of rotatable bonds is 3. The fourth-order valence-electron chi connectivity index (χ4n) is 1.34. The van der Waals surface area contributed by atoms with Crippen LogP contribution in [0.4, 0.5) is 5.13 Å².